The molecule has 1 aromatic heterocycles. The molecular weight excluding hydrogens is 319 g/mol. The van der Waals surface area contributed by atoms with Crippen LogP contribution < -0.4 is 10.6 Å². The average molecular weight is 342 g/mol. The van der Waals surface area contributed by atoms with Gasteiger partial charge in [0.2, 0.25) is 5.95 Å². The Kier molecular flexibility index (Phi) is 5.95. The van der Waals surface area contributed by atoms with Crippen LogP contribution in [-0.2, 0) is 6.54 Å². The zero-order valence-electron chi connectivity index (χ0n) is 14.1. The number of hydrogen-bond acceptors (Lipinski definition) is 3. The molecule has 1 aliphatic heterocycles. The summed E-state index contributed by atoms with van der Waals surface area (Å²) in [6.07, 6.45) is 3.56. The van der Waals surface area contributed by atoms with Crippen LogP contribution in [0.15, 0.2) is 48.7 Å². The first-order valence-corrected chi connectivity index (χ1v) is 8.62. The molecule has 2 heterocycles. The fraction of sp³-hybridized carbons (Fsp3) is 0.368. The number of carbonyl (C=O) groups excluding carboxylic acids is 1. The first-order chi connectivity index (χ1) is 12.2. The van der Waals surface area contributed by atoms with Gasteiger partial charge in [-0.05, 0) is 43.0 Å². The molecule has 1 aliphatic rings. The van der Waals surface area contributed by atoms with Crippen molar-refractivity contribution in [3.8, 4) is 0 Å². The third kappa shape index (κ3) is 5.53. The predicted octanol–water partition coefficient (Wildman–Crippen LogP) is 3.25. The maximum atomic E-state index is 12.8. The van der Waals surface area contributed by atoms with Crippen LogP contribution in [0.5, 0.6) is 0 Å². The first kappa shape index (κ1) is 17.4. The number of halogens is 1. The molecule has 1 aromatic carbocycles. The van der Waals surface area contributed by atoms with Gasteiger partial charge in [0.25, 0.3) is 0 Å². The molecule has 1 saturated heterocycles. The van der Waals surface area contributed by atoms with Gasteiger partial charge in [0.1, 0.15) is 0 Å². The lowest BCUT2D eigenvalue weighted by atomic mass is 9.97. The lowest BCUT2D eigenvalue weighted by Crippen LogP contribution is -2.41. The molecule has 25 heavy (non-hydrogen) atoms. The van der Waals surface area contributed by atoms with Crippen molar-refractivity contribution in [3.05, 3.63) is 60.2 Å². The minimum atomic E-state index is -0.563. The largest absolute Gasteiger partial charge is 0.338 e. The summed E-state index contributed by atoms with van der Waals surface area (Å²) >= 11 is 0. The van der Waals surface area contributed by atoms with Crippen molar-refractivity contribution in [1.82, 2.24) is 15.2 Å². The Labute approximate surface area is 147 Å². The summed E-state index contributed by atoms with van der Waals surface area (Å²) in [4.78, 5) is 17.9. The molecule has 1 atom stereocenters. The first-order valence-electron chi connectivity index (χ1n) is 8.62. The van der Waals surface area contributed by atoms with E-state index in [1.165, 1.54) is 23.9 Å². The molecule has 0 unspecified atom stereocenters. The van der Waals surface area contributed by atoms with E-state index in [1.54, 1.807) is 0 Å². The second-order valence-corrected chi connectivity index (χ2v) is 6.43. The summed E-state index contributed by atoms with van der Waals surface area (Å²) < 4.78 is 12.8. The maximum Gasteiger partial charge on any atom is 0.319 e. The molecule has 6 heteroatoms. The highest BCUT2D eigenvalue weighted by atomic mass is 19.1. The average Bonchev–Trinajstić information content (AvgIpc) is 2.63. The number of benzene rings is 1. The van der Waals surface area contributed by atoms with E-state index in [2.05, 4.69) is 44.8 Å². The highest BCUT2D eigenvalue weighted by molar-refractivity contribution is 5.88. The van der Waals surface area contributed by atoms with Gasteiger partial charge in [0.05, 0.1) is 11.9 Å². The minimum absolute atomic E-state index is 0.284. The van der Waals surface area contributed by atoms with Crippen molar-refractivity contribution >= 4 is 11.7 Å². The SMILES string of the molecule is O=C(NC[C@H]1CCCN(Cc2ccccc2)C1)Nc1ccc(F)nc1. The number of carbonyl (C=O) groups is 1. The molecule has 2 N–H and O–H groups in total. The second kappa shape index (κ2) is 8.58. The van der Waals surface area contributed by atoms with Crippen molar-refractivity contribution in [3.63, 3.8) is 0 Å². The van der Waals surface area contributed by atoms with Crippen molar-refractivity contribution in [1.29, 1.82) is 0 Å². The standard InChI is InChI=1S/C19H23FN4O/c20-18-9-8-17(12-21-18)23-19(25)22-11-16-7-4-10-24(14-16)13-15-5-2-1-3-6-15/h1-3,5-6,8-9,12,16H,4,7,10-11,13-14H2,(H2,22,23,25)/t16-/m1/s1. The smallest absolute Gasteiger partial charge is 0.319 e. The van der Waals surface area contributed by atoms with E-state index in [0.29, 0.717) is 18.2 Å². The van der Waals surface area contributed by atoms with Gasteiger partial charge in [-0.2, -0.15) is 4.39 Å². The summed E-state index contributed by atoms with van der Waals surface area (Å²) in [5, 5.41) is 5.57. The van der Waals surface area contributed by atoms with E-state index in [0.717, 1.165) is 32.5 Å². The van der Waals surface area contributed by atoms with Gasteiger partial charge in [-0.15, -0.1) is 0 Å². The Morgan fingerprint density at radius 2 is 2.08 bits per heavy atom. The molecule has 2 aromatic rings. The highest BCUT2D eigenvalue weighted by Crippen LogP contribution is 2.18. The number of hydrogen-bond donors (Lipinski definition) is 2. The van der Waals surface area contributed by atoms with E-state index < -0.39 is 5.95 Å². The molecule has 1 fully saturated rings. The van der Waals surface area contributed by atoms with Crippen LogP contribution in [0.2, 0.25) is 0 Å². The summed E-state index contributed by atoms with van der Waals surface area (Å²) in [5.41, 5.74) is 1.80. The molecule has 0 spiro atoms. The summed E-state index contributed by atoms with van der Waals surface area (Å²) in [6.45, 7) is 3.66. The van der Waals surface area contributed by atoms with Crippen LogP contribution in [0.1, 0.15) is 18.4 Å². The van der Waals surface area contributed by atoms with E-state index in [9.17, 15) is 9.18 Å². The van der Waals surface area contributed by atoms with E-state index >= 15 is 0 Å². The quantitative estimate of drug-likeness (QED) is 0.820. The van der Waals surface area contributed by atoms with Crippen LogP contribution in [0.3, 0.4) is 0 Å². The van der Waals surface area contributed by atoms with Crippen molar-refractivity contribution < 1.29 is 9.18 Å². The Hall–Kier alpha value is -2.47. The number of rotatable bonds is 5. The predicted molar refractivity (Wildman–Crippen MR) is 95.7 cm³/mol. The lowest BCUT2D eigenvalue weighted by Gasteiger charge is -2.32. The van der Waals surface area contributed by atoms with Crippen LogP contribution in [-0.4, -0.2) is 35.5 Å². The molecule has 0 aliphatic carbocycles. The number of pyridine rings is 1. The Morgan fingerprint density at radius 3 is 2.84 bits per heavy atom. The maximum absolute atomic E-state index is 12.8. The Balaban J connectivity index is 1.43. The van der Waals surface area contributed by atoms with Crippen LogP contribution in [0.4, 0.5) is 14.9 Å². The van der Waals surface area contributed by atoms with E-state index in [4.69, 9.17) is 0 Å². The van der Waals surface area contributed by atoms with Crippen LogP contribution in [0, 0.1) is 11.9 Å². The Bertz CT molecular complexity index is 678. The van der Waals surface area contributed by atoms with Crippen LogP contribution in [0.25, 0.3) is 0 Å². The third-order valence-electron chi connectivity index (χ3n) is 4.39. The summed E-state index contributed by atoms with van der Waals surface area (Å²) in [5.74, 6) is -0.124. The highest BCUT2D eigenvalue weighted by Gasteiger charge is 2.20. The molecule has 0 radical (unpaired) electrons. The zero-order chi connectivity index (χ0) is 17.5. The van der Waals surface area contributed by atoms with E-state index in [-0.39, 0.29) is 6.03 Å². The zero-order valence-corrected chi connectivity index (χ0v) is 14.1. The van der Waals surface area contributed by atoms with Crippen molar-refractivity contribution in [2.75, 3.05) is 25.0 Å². The van der Waals surface area contributed by atoms with Gasteiger partial charge in [0, 0.05) is 19.6 Å². The lowest BCUT2D eigenvalue weighted by molar-refractivity contribution is 0.166. The summed E-state index contributed by atoms with van der Waals surface area (Å²) in [7, 11) is 0. The van der Waals surface area contributed by atoms with Gasteiger partial charge in [-0.25, -0.2) is 9.78 Å². The number of anilines is 1. The molecular formula is C19H23FN4O. The summed E-state index contributed by atoms with van der Waals surface area (Å²) in [6, 6.07) is 12.9. The normalized spacial score (nSPS) is 17.9. The molecule has 5 nitrogen and oxygen atoms in total. The van der Waals surface area contributed by atoms with Gasteiger partial charge in [-0.1, -0.05) is 30.3 Å². The monoisotopic (exact) mass is 342 g/mol. The second-order valence-electron chi connectivity index (χ2n) is 6.43. The third-order valence-corrected chi connectivity index (χ3v) is 4.39. The number of aromatic nitrogens is 1. The molecule has 0 saturated carbocycles. The molecule has 3 rings (SSSR count). The van der Waals surface area contributed by atoms with E-state index in [1.807, 2.05) is 6.07 Å². The molecule has 2 amide bonds. The number of piperidine rings is 1. The minimum Gasteiger partial charge on any atom is -0.338 e. The Morgan fingerprint density at radius 1 is 1.24 bits per heavy atom. The number of urea groups is 1. The fourth-order valence-electron chi connectivity index (χ4n) is 3.17. The van der Waals surface area contributed by atoms with Gasteiger partial charge in [-0.3, -0.25) is 4.90 Å². The fourth-order valence-corrected chi connectivity index (χ4v) is 3.17. The molecule has 132 valence electrons. The van der Waals surface area contributed by atoms with Gasteiger partial charge < -0.3 is 10.6 Å². The number of amides is 2. The van der Waals surface area contributed by atoms with Crippen molar-refractivity contribution in [2.24, 2.45) is 5.92 Å². The number of nitrogens with one attached hydrogen (secondary N) is 2. The van der Waals surface area contributed by atoms with Crippen molar-refractivity contribution in [2.45, 2.75) is 19.4 Å². The van der Waals surface area contributed by atoms with Gasteiger partial charge in [0.15, 0.2) is 0 Å². The number of nitrogens with zero attached hydrogens (tertiary/aromatic N) is 2. The number of likely N-dealkylation sites (tertiary alicyclic amines) is 1. The molecule has 0 bridgehead atoms. The topological polar surface area (TPSA) is 57.3 Å². The van der Waals surface area contributed by atoms with Crippen LogP contribution >= 0.6 is 0 Å². The van der Waals surface area contributed by atoms with Gasteiger partial charge >= 0.3 is 6.03 Å².